The van der Waals surface area contributed by atoms with E-state index in [0.29, 0.717) is 0 Å². The summed E-state index contributed by atoms with van der Waals surface area (Å²) < 4.78 is 2.81. The average molecular weight is 258 g/mol. The second kappa shape index (κ2) is 3.97. The summed E-state index contributed by atoms with van der Waals surface area (Å²) in [6, 6.07) is 9.13. The molecule has 3 aromatic rings. The smallest absolute Gasteiger partial charge is 0.0457 e. The third kappa shape index (κ3) is 1.81. The van der Waals surface area contributed by atoms with Gasteiger partial charge in [0.05, 0.1) is 0 Å². The third-order valence-corrected chi connectivity index (χ3v) is 5.49. The normalized spacial score (nSPS) is 11.2. The fourth-order valence-electron chi connectivity index (χ4n) is 2.09. The van der Waals surface area contributed by atoms with Gasteiger partial charge < -0.3 is 0 Å². The minimum atomic E-state index is 1.36. The Morgan fingerprint density at radius 1 is 0.882 bits per heavy atom. The summed E-state index contributed by atoms with van der Waals surface area (Å²) in [4.78, 5) is 1.39. The van der Waals surface area contributed by atoms with Crippen LogP contribution < -0.4 is 0 Å². The van der Waals surface area contributed by atoms with Gasteiger partial charge in [0.1, 0.15) is 0 Å². The molecule has 86 valence electrons. The van der Waals surface area contributed by atoms with E-state index in [1.165, 1.54) is 36.5 Å². The van der Waals surface area contributed by atoms with Gasteiger partial charge in [-0.2, -0.15) is 0 Å². The first-order chi connectivity index (χ1) is 8.15. The topological polar surface area (TPSA) is 0 Å². The van der Waals surface area contributed by atoms with E-state index in [-0.39, 0.29) is 0 Å². The zero-order chi connectivity index (χ0) is 12.0. The molecule has 0 saturated heterocycles. The monoisotopic (exact) mass is 258 g/mol. The summed E-state index contributed by atoms with van der Waals surface area (Å²) in [6.45, 7) is 6.59. The fraction of sp³-hybridized carbons (Fsp3) is 0.200. The van der Waals surface area contributed by atoms with Gasteiger partial charge in [-0.1, -0.05) is 12.1 Å². The Kier molecular flexibility index (Phi) is 2.57. The van der Waals surface area contributed by atoms with E-state index < -0.39 is 0 Å². The molecule has 0 fully saturated rings. The SMILES string of the molecule is Cc1cc(-c2cc3sccc3s2)cc(C)c1C. The maximum atomic E-state index is 2.31. The van der Waals surface area contributed by atoms with Crippen molar-refractivity contribution in [3.8, 4) is 10.4 Å². The highest BCUT2D eigenvalue weighted by atomic mass is 32.1. The van der Waals surface area contributed by atoms with Crippen LogP contribution in [-0.2, 0) is 0 Å². The molecule has 0 aliphatic rings. The minimum Gasteiger partial charge on any atom is -0.143 e. The van der Waals surface area contributed by atoms with Gasteiger partial charge in [0, 0.05) is 14.3 Å². The molecular formula is C15H14S2. The molecule has 0 bridgehead atoms. The molecule has 3 rings (SSSR count). The molecule has 2 aromatic heterocycles. The molecule has 1 aromatic carbocycles. The molecule has 0 radical (unpaired) electrons. The summed E-state index contributed by atoms with van der Waals surface area (Å²) in [5.41, 5.74) is 5.54. The molecule has 0 aliphatic heterocycles. The van der Waals surface area contributed by atoms with E-state index in [1.54, 1.807) is 0 Å². The van der Waals surface area contributed by atoms with Crippen molar-refractivity contribution in [1.82, 2.24) is 0 Å². The molecule has 0 amide bonds. The third-order valence-electron chi connectivity index (χ3n) is 3.35. The zero-order valence-electron chi connectivity index (χ0n) is 10.2. The van der Waals surface area contributed by atoms with Crippen LogP contribution in [0, 0.1) is 20.8 Å². The molecule has 0 atom stereocenters. The maximum absolute atomic E-state index is 2.31. The van der Waals surface area contributed by atoms with Crippen LogP contribution in [0.25, 0.3) is 19.8 Å². The van der Waals surface area contributed by atoms with Gasteiger partial charge in [-0.3, -0.25) is 0 Å². The summed E-state index contributed by atoms with van der Waals surface area (Å²) in [5.74, 6) is 0. The first-order valence-corrected chi connectivity index (χ1v) is 7.40. The summed E-state index contributed by atoms with van der Waals surface area (Å²) in [7, 11) is 0. The van der Waals surface area contributed by atoms with Gasteiger partial charge in [-0.25, -0.2) is 0 Å². The van der Waals surface area contributed by atoms with Crippen LogP contribution in [0.15, 0.2) is 29.6 Å². The van der Waals surface area contributed by atoms with Gasteiger partial charge in [0.2, 0.25) is 0 Å². The van der Waals surface area contributed by atoms with Gasteiger partial charge in [-0.05, 0) is 60.5 Å². The predicted molar refractivity (Wildman–Crippen MR) is 79.3 cm³/mol. The lowest BCUT2D eigenvalue weighted by Crippen LogP contribution is -1.87. The molecule has 2 heteroatoms. The number of benzene rings is 1. The molecule has 17 heavy (non-hydrogen) atoms. The lowest BCUT2D eigenvalue weighted by atomic mass is 10.00. The number of rotatable bonds is 1. The summed E-state index contributed by atoms with van der Waals surface area (Å²) in [6.07, 6.45) is 0. The van der Waals surface area contributed by atoms with E-state index in [2.05, 4.69) is 50.4 Å². The average Bonchev–Trinajstić information content (AvgIpc) is 2.84. The minimum absolute atomic E-state index is 1.36. The van der Waals surface area contributed by atoms with Crippen molar-refractivity contribution in [2.24, 2.45) is 0 Å². The van der Waals surface area contributed by atoms with Gasteiger partial charge in [-0.15, -0.1) is 22.7 Å². The molecule has 0 nitrogen and oxygen atoms in total. The fourth-order valence-corrected chi connectivity index (χ4v) is 4.18. The van der Waals surface area contributed by atoms with Crippen LogP contribution in [0.5, 0.6) is 0 Å². The van der Waals surface area contributed by atoms with Crippen LogP contribution in [-0.4, -0.2) is 0 Å². The second-order valence-electron chi connectivity index (χ2n) is 4.49. The standard InChI is InChI=1S/C15H14S2/c1-9-6-12(7-10(2)11(9)3)14-8-15-13(17-14)4-5-16-15/h4-8H,1-3H3. The molecule has 0 aliphatic carbocycles. The quantitative estimate of drug-likeness (QED) is 0.536. The summed E-state index contributed by atoms with van der Waals surface area (Å²) >= 11 is 3.72. The first-order valence-electron chi connectivity index (χ1n) is 5.70. The highest BCUT2D eigenvalue weighted by molar-refractivity contribution is 7.28. The van der Waals surface area contributed by atoms with Gasteiger partial charge >= 0.3 is 0 Å². The number of thiophene rings is 2. The van der Waals surface area contributed by atoms with E-state index in [1.807, 2.05) is 22.7 Å². The Labute approximate surface area is 110 Å². The van der Waals surface area contributed by atoms with E-state index >= 15 is 0 Å². The predicted octanol–water partition coefficient (Wildman–Crippen LogP) is 5.56. The highest BCUT2D eigenvalue weighted by Crippen LogP contribution is 2.37. The Balaban J connectivity index is 2.18. The van der Waals surface area contributed by atoms with Crippen molar-refractivity contribution in [2.45, 2.75) is 20.8 Å². The molecule has 0 unspecified atom stereocenters. The number of hydrogen-bond donors (Lipinski definition) is 0. The van der Waals surface area contributed by atoms with Crippen molar-refractivity contribution in [2.75, 3.05) is 0 Å². The van der Waals surface area contributed by atoms with Crippen LogP contribution in [0.3, 0.4) is 0 Å². The summed E-state index contributed by atoms with van der Waals surface area (Å²) in [5, 5.41) is 2.16. The van der Waals surface area contributed by atoms with Crippen molar-refractivity contribution in [1.29, 1.82) is 0 Å². The number of fused-ring (bicyclic) bond motifs is 1. The largest absolute Gasteiger partial charge is 0.143 e. The Morgan fingerprint density at radius 2 is 1.59 bits per heavy atom. The van der Waals surface area contributed by atoms with Crippen LogP contribution in [0.4, 0.5) is 0 Å². The molecule has 0 saturated carbocycles. The lowest BCUT2D eigenvalue weighted by Gasteiger charge is -2.07. The first kappa shape index (κ1) is 11.0. The Morgan fingerprint density at radius 3 is 2.24 bits per heavy atom. The van der Waals surface area contributed by atoms with E-state index in [9.17, 15) is 0 Å². The number of hydrogen-bond acceptors (Lipinski definition) is 2. The van der Waals surface area contributed by atoms with Crippen LogP contribution in [0.2, 0.25) is 0 Å². The molecule has 0 N–H and O–H groups in total. The van der Waals surface area contributed by atoms with Crippen molar-refractivity contribution < 1.29 is 0 Å². The molecule has 0 spiro atoms. The van der Waals surface area contributed by atoms with Crippen LogP contribution >= 0.6 is 22.7 Å². The van der Waals surface area contributed by atoms with Crippen molar-refractivity contribution in [3.63, 3.8) is 0 Å². The highest BCUT2D eigenvalue weighted by Gasteiger charge is 2.07. The van der Waals surface area contributed by atoms with Crippen molar-refractivity contribution >= 4 is 32.1 Å². The van der Waals surface area contributed by atoms with Gasteiger partial charge in [0.15, 0.2) is 0 Å². The second-order valence-corrected chi connectivity index (χ2v) is 6.53. The van der Waals surface area contributed by atoms with Crippen LogP contribution in [0.1, 0.15) is 16.7 Å². The van der Waals surface area contributed by atoms with E-state index in [0.717, 1.165) is 0 Å². The zero-order valence-corrected chi connectivity index (χ0v) is 11.8. The van der Waals surface area contributed by atoms with Gasteiger partial charge in [0.25, 0.3) is 0 Å². The van der Waals surface area contributed by atoms with E-state index in [4.69, 9.17) is 0 Å². The maximum Gasteiger partial charge on any atom is 0.0457 e. The molecular weight excluding hydrogens is 244 g/mol. The van der Waals surface area contributed by atoms with Crippen molar-refractivity contribution in [3.05, 3.63) is 46.3 Å². The Bertz CT molecular complexity index is 634. The lowest BCUT2D eigenvalue weighted by molar-refractivity contribution is 1.27. The Hall–Kier alpha value is -1.12. The number of aryl methyl sites for hydroxylation is 2. The molecule has 2 heterocycles.